The highest BCUT2D eigenvalue weighted by Gasteiger charge is 2.23. The highest BCUT2D eigenvalue weighted by Crippen LogP contribution is 2.29. The molecule has 0 bridgehead atoms. The zero-order valence-corrected chi connectivity index (χ0v) is 21.5. The molecular formula is C25H26ClN5O2S. The largest absolute Gasteiger partial charge is 0.322 e. The molecule has 0 aliphatic heterocycles. The van der Waals surface area contributed by atoms with E-state index >= 15 is 0 Å². The van der Waals surface area contributed by atoms with Crippen molar-refractivity contribution in [3.63, 3.8) is 0 Å². The van der Waals surface area contributed by atoms with Gasteiger partial charge in [0.05, 0.1) is 38.9 Å². The van der Waals surface area contributed by atoms with Crippen LogP contribution in [0.1, 0.15) is 29.4 Å². The molecule has 7 nitrogen and oxygen atoms in total. The predicted octanol–water partition coefficient (Wildman–Crippen LogP) is 5.13. The zero-order chi connectivity index (χ0) is 24.7. The smallest absolute Gasteiger partial charge is 0.266 e. The summed E-state index contributed by atoms with van der Waals surface area (Å²) in [5.41, 5.74) is 5.38. The Morgan fingerprint density at radius 1 is 1.15 bits per heavy atom. The minimum Gasteiger partial charge on any atom is -0.322 e. The monoisotopic (exact) mass is 495 g/mol. The van der Waals surface area contributed by atoms with Crippen molar-refractivity contribution in [3.8, 4) is 5.69 Å². The van der Waals surface area contributed by atoms with Gasteiger partial charge >= 0.3 is 0 Å². The third-order valence-electron chi connectivity index (χ3n) is 6.03. The van der Waals surface area contributed by atoms with Gasteiger partial charge in [0.2, 0.25) is 5.91 Å². The number of carbonyl (C=O) groups is 1. The highest BCUT2D eigenvalue weighted by atomic mass is 35.5. The number of hydrogen-bond acceptors (Lipinski definition) is 5. The van der Waals surface area contributed by atoms with Gasteiger partial charge in [-0.05, 0) is 70.0 Å². The SMILES string of the molecule is Cc1cccc(-n2c(SC(C)C(=O)Nc3c(C)nn(C)c3C)nc3cc(Cl)ccc3c2=O)c1C. The van der Waals surface area contributed by atoms with Gasteiger partial charge in [0.25, 0.3) is 5.56 Å². The normalized spacial score (nSPS) is 12.2. The Labute approximate surface area is 207 Å². The molecule has 1 amide bonds. The van der Waals surface area contributed by atoms with E-state index < -0.39 is 5.25 Å². The Hall–Kier alpha value is -3.10. The van der Waals surface area contributed by atoms with E-state index in [2.05, 4.69) is 10.4 Å². The van der Waals surface area contributed by atoms with Gasteiger partial charge in [0, 0.05) is 12.1 Å². The lowest BCUT2D eigenvalue weighted by atomic mass is 10.1. The molecule has 1 unspecified atom stereocenters. The Balaban J connectivity index is 1.80. The molecule has 9 heteroatoms. The van der Waals surface area contributed by atoms with E-state index in [-0.39, 0.29) is 11.5 Å². The van der Waals surface area contributed by atoms with Crippen LogP contribution in [-0.4, -0.2) is 30.5 Å². The van der Waals surface area contributed by atoms with Gasteiger partial charge in [-0.15, -0.1) is 0 Å². The van der Waals surface area contributed by atoms with Crippen LogP contribution in [0.3, 0.4) is 0 Å². The van der Waals surface area contributed by atoms with Crippen LogP contribution in [-0.2, 0) is 11.8 Å². The van der Waals surface area contributed by atoms with E-state index in [0.29, 0.717) is 26.8 Å². The second kappa shape index (κ2) is 9.27. The number of aromatic nitrogens is 4. The average Bonchev–Trinajstić information content (AvgIpc) is 3.02. The molecule has 2 aromatic carbocycles. The lowest BCUT2D eigenvalue weighted by Gasteiger charge is -2.18. The lowest BCUT2D eigenvalue weighted by Crippen LogP contribution is -2.27. The van der Waals surface area contributed by atoms with Crippen molar-refractivity contribution in [2.45, 2.75) is 45.0 Å². The van der Waals surface area contributed by atoms with Crippen molar-refractivity contribution in [3.05, 3.63) is 74.3 Å². The summed E-state index contributed by atoms with van der Waals surface area (Å²) < 4.78 is 3.32. The van der Waals surface area contributed by atoms with Gasteiger partial charge in [0.1, 0.15) is 0 Å². The number of halogens is 1. The first kappa shape index (κ1) is 24.0. The molecule has 0 saturated carbocycles. The number of amides is 1. The number of carbonyl (C=O) groups excluding carboxylic acids is 1. The Morgan fingerprint density at radius 2 is 1.88 bits per heavy atom. The molecule has 4 aromatic rings. The van der Waals surface area contributed by atoms with Gasteiger partial charge in [-0.3, -0.25) is 18.8 Å². The Bertz CT molecular complexity index is 1490. The van der Waals surface area contributed by atoms with Gasteiger partial charge < -0.3 is 5.32 Å². The molecule has 34 heavy (non-hydrogen) atoms. The summed E-state index contributed by atoms with van der Waals surface area (Å²) in [6.45, 7) is 9.53. The second-order valence-corrected chi connectivity index (χ2v) is 10.1. The number of nitrogens with one attached hydrogen (secondary N) is 1. The highest BCUT2D eigenvalue weighted by molar-refractivity contribution is 8.00. The molecule has 1 atom stereocenters. The van der Waals surface area contributed by atoms with E-state index in [1.165, 1.54) is 11.8 Å². The van der Waals surface area contributed by atoms with Crippen molar-refractivity contribution in [1.82, 2.24) is 19.3 Å². The van der Waals surface area contributed by atoms with Gasteiger partial charge in [-0.25, -0.2) is 4.98 Å². The summed E-state index contributed by atoms with van der Waals surface area (Å²) in [7, 11) is 1.84. The summed E-state index contributed by atoms with van der Waals surface area (Å²) >= 11 is 7.41. The molecule has 4 rings (SSSR count). The topological polar surface area (TPSA) is 81.8 Å². The number of hydrogen-bond donors (Lipinski definition) is 1. The molecule has 0 spiro atoms. The quantitative estimate of drug-likeness (QED) is 0.307. The van der Waals surface area contributed by atoms with Crippen LogP contribution in [0.5, 0.6) is 0 Å². The van der Waals surface area contributed by atoms with E-state index in [1.54, 1.807) is 34.4 Å². The number of thioether (sulfide) groups is 1. The molecule has 176 valence electrons. The van der Waals surface area contributed by atoms with Crippen LogP contribution >= 0.6 is 23.4 Å². The van der Waals surface area contributed by atoms with E-state index in [0.717, 1.165) is 28.2 Å². The van der Waals surface area contributed by atoms with Crippen LogP contribution in [0.2, 0.25) is 5.02 Å². The first-order valence-electron chi connectivity index (χ1n) is 10.8. The summed E-state index contributed by atoms with van der Waals surface area (Å²) in [5, 5.41) is 8.20. The average molecular weight is 496 g/mol. The summed E-state index contributed by atoms with van der Waals surface area (Å²) in [4.78, 5) is 31.5. The van der Waals surface area contributed by atoms with Gasteiger partial charge in [-0.1, -0.05) is 35.5 Å². The van der Waals surface area contributed by atoms with Crippen molar-refractivity contribution in [2.75, 3.05) is 5.32 Å². The minimum atomic E-state index is -0.529. The third kappa shape index (κ3) is 4.35. The molecule has 0 aliphatic rings. The van der Waals surface area contributed by atoms with Crippen LogP contribution in [0.15, 0.2) is 46.3 Å². The maximum Gasteiger partial charge on any atom is 0.266 e. The summed E-state index contributed by atoms with van der Waals surface area (Å²) in [5.74, 6) is -0.197. The van der Waals surface area contributed by atoms with Crippen LogP contribution in [0.4, 0.5) is 5.69 Å². The number of rotatable bonds is 5. The zero-order valence-electron chi connectivity index (χ0n) is 19.9. The third-order valence-corrected chi connectivity index (χ3v) is 7.31. The fourth-order valence-electron chi connectivity index (χ4n) is 3.80. The number of benzene rings is 2. The van der Waals surface area contributed by atoms with E-state index in [4.69, 9.17) is 16.6 Å². The summed E-state index contributed by atoms with van der Waals surface area (Å²) in [6.07, 6.45) is 0. The Morgan fingerprint density at radius 3 is 2.56 bits per heavy atom. The number of anilines is 1. The minimum absolute atomic E-state index is 0.197. The fraction of sp³-hybridized carbons (Fsp3) is 0.280. The van der Waals surface area contributed by atoms with Crippen molar-refractivity contribution in [1.29, 1.82) is 0 Å². The number of aryl methyl sites for hydroxylation is 3. The molecule has 0 saturated heterocycles. The number of fused-ring (bicyclic) bond motifs is 1. The molecule has 0 radical (unpaired) electrons. The maximum atomic E-state index is 13.6. The van der Waals surface area contributed by atoms with Crippen LogP contribution < -0.4 is 10.9 Å². The van der Waals surface area contributed by atoms with Crippen molar-refractivity contribution in [2.24, 2.45) is 7.05 Å². The standard InChI is InChI=1S/C25H26ClN5O2S/c1-13-8-7-9-21(14(13)2)31-24(33)19-11-10-18(26)12-20(19)27-25(31)34-17(5)23(32)28-22-15(3)29-30(6)16(22)4/h7-12,17H,1-6H3,(H,28,32). The number of nitrogens with zero attached hydrogens (tertiary/aromatic N) is 4. The molecule has 0 fully saturated rings. The second-order valence-electron chi connectivity index (χ2n) is 8.33. The lowest BCUT2D eigenvalue weighted by molar-refractivity contribution is -0.115. The van der Waals surface area contributed by atoms with Crippen LogP contribution in [0, 0.1) is 27.7 Å². The van der Waals surface area contributed by atoms with Crippen LogP contribution in [0.25, 0.3) is 16.6 Å². The molecule has 2 heterocycles. The summed E-state index contributed by atoms with van der Waals surface area (Å²) in [6, 6.07) is 10.8. The van der Waals surface area contributed by atoms with Crippen molar-refractivity contribution < 1.29 is 4.79 Å². The maximum absolute atomic E-state index is 13.6. The molecule has 2 aromatic heterocycles. The van der Waals surface area contributed by atoms with Crippen molar-refractivity contribution >= 4 is 45.9 Å². The first-order valence-corrected chi connectivity index (χ1v) is 12.1. The first-order chi connectivity index (χ1) is 16.1. The van der Waals surface area contributed by atoms with Gasteiger partial charge in [-0.2, -0.15) is 5.10 Å². The van der Waals surface area contributed by atoms with E-state index in [9.17, 15) is 9.59 Å². The molecule has 1 N–H and O–H groups in total. The molecule has 0 aliphatic carbocycles. The van der Waals surface area contributed by atoms with E-state index in [1.807, 2.05) is 52.9 Å². The molecular weight excluding hydrogens is 470 g/mol. The fourth-order valence-corrected chi connectivity index (χ4v) is 4.89. The Kier molecular flexibility index (Phi) is 6.55. The predicted molar refractivity (Wildman–Crippen MR) is 138 cm³/mol. The van der Waals surface area contributed by atoms with Gasteiger partial charge in [0.15, 0.2) is 5.16 Å².